The van der Waals surface area contributed by atoms with Crippen LogP contribution in [0, 0.1) is 24.6 Å². The van der Waals surface area contributed by atoms with Crippen LogP contribution in [0.2, 0.25) is 5.02 Å². The van der Waals surface area contributed by atoms with Crippen molar-refractivity contribution in [2.75, 3.05) is 5.32 Å². The third-order valence-corrected chi connectivity index (χ3v) is 9.33. The molecule has 3 saturated carbocycles. The molecule has 2 aromatic rings. The molecule has 2 bridgehead atoms. The summed E-state index contributed by atoms with van der Waals surface area (Å²) in [5.74, 6) is -0.966. The zero-order valence-electron chi connectivity index (χ0n) is 16.7. The van der Waals surface area contributed by atoms with Gasteiger partial charge in [0.05, 0.1) is 20.8 Å². The minimum atomic E-state index is -3.76. The molecule has 2 unspecified atom stereocenters. The summed E-state index contributed by atoms with van der Waals surface area (Å²) in [4.78, 5) is 12.6. The lowest BCUT2D eigenvalue weighted by atomic mass is 9.54. The number of anilines is 1. The van der Waals surface area contributed by atoms with Gasteiger partial charge in [-0.25, -0.2) is 12.8 Å². The molecule has 3 aliphatic carbocycles. The Bertz CT molecular complexity index is 1120. The van der Waals surface area contributed by atoms with Crippen molar-refractivity contribution in [3.63, 3.8) is 0 Å². The summed E-state index contributed by atoms with van der Waals surface area (Å²) in [6.07, 6.45) is 1.60. The zero-order chi connectivity index (χ0) is 21.8. The maximum Gasteiger partial charge on any atom is 0.255 e. The maximum absolute atomic E-state index is 13.4. The number of rotatable bonds is 4. The van der Waals surface area contributed by atoms with Gasteiger partial charge in [0.25, 0.3) is 5.91 Å². The molecule has 0 heterocycles. The number of benzene rings is 2. The molecule has 1 amide bonds. The van der Waals surface area contributed by atoms with Crippen molar-refractivity contribution in [2.45, 2.75) is 48.9 Å². The summed E-state index contributed by atoms with van der Waals surface area (Å²) in [5.41, 5.74) is 0.143. The van der Waals surface area contributed by atoms with E-state index in [0.29, 0.717) is 24.1 Å². The summed E-state index contributed by atoms with van der Waals surface area (Å²) in [6.45, 7) is 3.35. The predicted octanol–water partition coefficient (Wildman–Crippen LogP) is 4.36. The third kappa shape index (κ3) is 3.53. The van der Waals surface area contributed by atoms with Gasteiger partial charge in [0, 0.05) is 11.3 Å². The molecule has 0 radical (unpaired) electrons. The molecule has 160 valence electrons. The number of hydrogen-bond donors (Lipinski definition) is 2. The Hall–Kier alpha value is -1.96. The second kappa shape index (κ2) is 7.32. The van der Waals surface area contributed by atoms with Crippen LogP contribution in [0.4, 0.5) is 10.1 Å². The van der Waals surface area contributed by atoms with Gasteiger partial charge >= 0.3 is 0 Å². The number of aryl methyl sites for hydroxylation is 1. The molecule has 3 fully saturated rings. The molecule has 2 N–H and O–H groups in total. The summed E-state index contributed by atoms with van der Waals surface area (Å²) >= 11 is 6.20. The molecule has 5 rings (SSSR count). The van der Waals surface area contributed by atoms with Crippen LogP contribution in [0.1, 0.15) is 42.1 Å². The fourth-order valence-electron chi connectivity index (χ4n) is 4.62. The van der Waals surface area contributed by atoms with E-state index in [2.05, 4.69) is 5.32 Å². The number of nitrogens with one attached hydrogen (secondary N) is 1. The Morgan fingerprint density at radius 2 is 1.83 bits per heavy atom. The predicted molar refractivity (Wildman–Crippen MR) is 113 cm³/mol. The summed E-state index contributed by atoms with van der Waals surface area (Å²) < 4.78 is 40.0. The summed E-state index contributed by atoms with van der Waals surface area (Å²) in [7, 11) is -3.76. The van der Waals surface area contributed by atoms with Crippen LogP contribution in [-0.2, 0) is 9.84 Å². The first-order valence-corrected chi connectivity index (χ1v) is 11.8. The number of amides is 1. The van der Waals surface area contributed by atoms with Crippen molar-refractivity contribution >= 4 is 33.0 Å². The van der Waals surface area contributed by atoms with Gasteiger partial charge in [-0.3, -0.25) is 4.79 Å². The lowest BCUT2D eigenvalue weighted by molar-refractivity contribution is -0.162. The highest BCUT2D eigenvalue weighted by Crippen LogP contribution is 2.55. The van der Waals surface area contributed by atoms with Gasteiger partial charge in [0.1, 0.15) is 5.82 Å². The Kier molecular flexibility index (Phi) is 5.19. The van der Waals surface area contributed by atoms with Gasteiger partial charge in [0.15, 0.2) is 9.84 Å². The highest BCUT2D eigenvalue weighted by molar-refractivity contribution is 7.92. The first kappa shape index (κ1) is 21.3. The highest BCUT2D eigenvalue weighted by Gasteiger charge is 2.57. The SMILES string of the molecule is Cc1cc(NC(=O)c2ccc(Cl)c(S(=O)(=O)C3CC4CC(C3)C4(C)O)c2)ccc1F. The Balaban J connectivity index is 1.58. The number of hydrogen-bond acceptors (Lipinski definition) is 4. The number of aliphatic hydroxyl groups is 1. The first-order chi connectivity index (χ1) is 14.0. The van der Waals surface area contributed by atoms with Crippen LogP contribution in [0.5, 0.6) is 0 Å². The lowest BCUT2D eigenvalue weighted by Crippen LogP contribution is -2.60. The quantitative estimate of drug-likeness (QED) is 0.723. The van der Waals surface area contributed by atoms with Crippen LogP contribution in [0.15, 0.2) is 41.3 Å². The Labute approximate surface area is 180 Å². The molecule has 0 saturated heterocycles. The maximum atomic E-state index is 13.4. The van der Waals surface area contributed by atoms with Gasteiger partial charge in [0.2, 0.25) is 0 Å². The van der Waals surface area contributed by atoms with Crippen LogP contribution in [0.3, 0.4) is 0 Å². The molecule has 0 aromatic heterocycles. The van der Waals surface area contributed by atoms with E-state index < -0.39 is 26.6 Å². The fourth-order valence-corrected chi connectivity index (χ4v) is 7.02. The average molecular weight is 452 g/mol. The van der Waals surface area contributed by atoms with E-state index in [9.17, 15) is 22.7 Å². The van der Waals surface area contributed by atoms with Gasteiger partial charge in [-0.1, -0.05) is 11.6 Å². The first-order valence-electron chi connectivity index (χ1n) is 9.83. The van der Waals surface area contributed by atoms with Crippen LogP contribution < -0.4 is 5.32 Å². The number of halogens is 2. The number of carbonyl (C=O) groups excluding carboxylic acids is 1. The summed E-state index contributed by atoms with van der Waals surface area (Å²) in [6, 6.07) is 8.35. The largest absolute Gasteiger partial charge is 0.390 e. The third-order valence-electron chi connectivity index (χ3n) is 6.67. The zero-order valence-corrected chi connectivity index (χ0v) is 18.2. The Morgan fingerprint density at radius 3 is 2.43 bits per heavy atom. The number of fused-ring (bicyclic) bond motifs is 2. The number of carbonyl (C=O) groups is 1. The number of sulfone groups is 1. The minimum absolute atomic E-state index is 0.0389. The normalized spacial score (nSPS) is 28.0. The Morgan fingerprint density at radius 1 is 1.17 bits per heavy atom. The van der Waals surface area contributed by atoms with Crippen molar-refractivity contribution in [3.05, 3.63) is 58.4 Å². The van der Waals surface area contributed by atoms with E-state index in [-0.39, 0.29) is 33.1 Å². The van der Waals surface area contributed by atoms with E-state index in [1.807, 2.05) is 0 Å². The van der Waals surface area contributed by atoms with E-state index in [1.165, 1.54) is 36.4 Å². The molecule has 5 nitrogen and oxygen atoms in total. The van der Waals surface area contributed by atoms with Crippen molar-refractivity contribution in [2.24, 2.45) is 11.8 Å². The lowest BCUT2D eigenvalue weighted by Gasteiger charge is -2.56. The monoisotopic (exact) mass is 451 g/mol. The molecule has 0 spiro atoms. The second-order valence-corrected chi connectivity index (χ2v) is 11.2. The van der Waals surface area contributed by atoms with Crippen LogP contribution >= 0.6 is 11.6 Å². The average Bonchev–Trinajstić information content (AvgIpc) is 2.70. The van der Waals surface area contributed by atoms with Crippen molar-refractivity contribution in [1.29, 1.82) is 0 Å². The molecular formula is C22H23ClFNO4S. The molecule has 3 aliphatic rings. The summed E-state index contributed by atoms with van der Waals surface area (Å²) in [5, 5.41) is 12.5. The molecule has 2 atom stereocenters. The smallest absolute Gasteiger partial charge is 0.255 e. The van der Waals surface area contributed by atoms with E-state index in [0.717, 1.165) is 6.42 Å². The molecule has 2 aromatic carbocycles. The van der Waals surface area contributed by atoms with E-state index in [1.54, 1.807) is 13.8 Å². The molecular weight excluding hydrogens is 429 g/mol. The second-order valence-electron chi connectivity index (χ2n) is 8.56. The van der Waals surface area contributed by atoms with Gasteiger partial charge in [-0.2, -0.15) is 0 Å². The van der Waals surface area contributed by atoms with Gasteiger partial charge < -0.3 is 10.4 Å². The van der Waals surface area contributed by atoms with Gasteiger partial charge in [-0.05, 0) is 86.9 Å². The van der Waals surface area contributed by atoms with Crippen molar-refractivity contribution in [3.8, 4) is 0 Å². The van der Waals surface area contributed by atoms with Crippen molar-refractivity contribution in [1.82, 2.24) is 0 Å². The minimum Gasteiger partial charge on any atom is -0.390 e. The van der Waals surface area contributed by atoms with E-state index >= 15 is 0 Å². The van der Waals surface area contributed by atoms with Crippen molar-refractivity contribution < 1.29 is 22.7 Å². The fraction of sp³-hybridized carbons (Fsp3) is 0.409. The molecule has 8 heteroatoms. The highest BCUT2D eigenvalue weighted by atomic mass is 35.5. The molecule has 30 heavy (non-hydrogen) atoms. The van der Waals surface area contributed by atoms with E-state index in [4.69, 9.17) is 11.6 Å². The molecule has 0 aliphatic heterocycles. The van der Waals surface area contributed by atoms with Crippen LogP contribution in [0.25, 0.3) is 0 Å². The van der Waals surface area contributed by atoms with Gasteiger partial charge in [-0.15, -0.1) is 0 Å². The standard InChI is InChI=1S/C22H23ClFNO4S/c1-12-7-16(4-6-19(12)24)25-21(26)13-3-5-18(23)20(8-13)30(28,29)17-10-14-9-15(11-17)22(14,2)27/h3-8,14-15,17,27H,9-11H2,1-2H3,(H,25,26). The topological polar surface area (TPSA) is 83.5 Å². The van der Waals surface area contributed by atoms with Crippen LogP contribution in [-0.4, -0.2) is 30.3 Å².